The van der Waals surface area contributed by atoms with Crippen LogP contribution < -0.4 is 5.32 Å². The third kappa shape index (κ3) is 2.22. The normalized spacial score (nSPS) is 16.1. The van der Waals surface area contributed by atoms with Crippen LogP contribution in [0.5, 0.6) is 0 Å². The number of H-pyrrole nitrogens is 1. The molecule has 5 heteroatoms. The summed E-state index contributed by atoms with van der Waals surface area (Å²) in [5.41, 5.74) is 1.90. The molecule has 0 saturated carbocycles. The van der Waals surface area contributed by atoms with Gasteiger partial charge in [0, 0.05) is 26.2 Å². The van der Waals surface area contributed by atoms with Crippen LogP contribution in [-0.2, 0) is 11.2 Å². The Labute approximate surface area is 105 Å². The number of carbonyl (C=O) groups is 1. The van der Waals surface area contributed by atoms with E-state index in [9.17, 15) is 4.79 Å². The lowest BCUT2D eigenvalue weighted by Crippen LogP contribution is -2.47. The van der Waals surface area contributed by atoms with Gasteiger partial charge in [-0.15, -0.1) is 0 Å². The fourth-order valence-corrected chi connectivity index (χ4v) is 2.26. The number of piperazine rings is 1. The molecule has 1 fully saturated rings. The Kier molecular flexibility index (Phi) is 2.98. The molecule has 1 amide bonds. The van der Waals surface area contributed by atoms with Crippen molar-refractivity contribution >= 4 is 16.9 Å². The molecule has 18 heavy (non-hydrogen) atoms. The first kappa shape index (κ1) is 11.2. The fraction of sp³-hybridized carbons (Fsp3) is 0.385. The number of hydrogen-bond acceptors (Lipinski definition) is 3. The van der Waals surface area contributed by atoms with Crippen molar-refractivity contribution in [1.29, 1.82) is 0 Å². The van der Waals surface area contributed by atoms with Crippen molar-refractivity contribution in [2.45, 2.75) is 6.42 Å². The number of nitrogens with zero attached hydrogens (tertiary/aromatic N) is 2. The number of benzene rings is 1. The second-order valence-corrected chi connectivity index (χ2v) is 4.51. The first-order valence-electron chi connectivity index (χ1n) is 6.25. The van der Waals surface area contributed by atoms with Crippen molar-refractivity contribution in [2.75, 3.05) is 26.2 Å². The van der Waals surface area contributed by atoms with Crippen molar-refractivity contribution in [1.82, 2.24) is 20.2 Å². The van der Waals surface area contributed by atoms with Crippen LogP contribution in [0.25, 0.3) is 11.0 Å². The Balaban J connectivity index is 1.73. The molecule has 0 atom stereocenters. The number of para-hydroxylation sites is 2. The number of rotatable bonds is 2. The summed E-state index contributed by atoms with van der Waals surface area (Å²) in [4.78, 5) is 21.6. The van der Waals surface area contributed by atoms with Crippen molar-refractivity contribution in [3.8, 4) is 0 Å². The molecule has 0 spiro atoms. The highest BCUT2D eigenvalue weighted by atomic mass is 16.2. The minimum Gasteiger partial charge on any atom is -0.342 e. The minimum absolute atomic E-state index is 0.149. The molecule has 3 rings (SSSR count). The molecule has 0 aliphatic carbocycles. The minimum atomic E-state index is 0.149. The van der Waals surface area contributed by atoms with Crippen LogP contribution in [0.1, 0.15) is 5.82 Å². The lowest BCUT2D eigenvalue weighted by molar-refractivity contribution is -0.131. The summed E-state index contributed by atoms with van der Waals surface area (Å²) in [6.45, 7) is 3.34. The van der Waals surface area contributed by atoms with Crippen molar-refractivity contribution in [3.05, 3.63) is 30.1 Å². The number of hydrogen-bond donors (Lipinski definition) is 2. The van der Waals surface area contributed by atoms with Crippen LogP contribution in [0.4, 0.5) is 0 Å². The Hall–Kier alpha value is -1.88. The number of imidazole rings is 1. The lowest BCUT2D eigenvalue weighted by Gasteiger charge is -2.27. The van der Waals surface area contributed by atoms with Crippen LogP contribution in [0.2, 0.25) is 0 Å². The van der Waals surface area contributed by atoms with Crippen LogP contribution in [0.15, 0.2) is 24.3 Å². The molecule has 1 aromatic heterocycles. The van der Waals surface area contributed by atoms with E-state index in [1.807, 2.05) is 29.2 Å². The number of carbonyl (C=O) groups excluding carboxylic acids is 1. The van der Waals surface area contributed by atoms with Gasteiger partial charge in [-0.3, -0.25) is 4.79 Å². The van der Waals surface area contributed by atoms with Gasteiger partial charge in [0.2, 0.25) is 5.91 Å². The molecule has 2 N–H and O–H groups in total. The van der Waals surface area contributed by atoms with E-state index in [2.05, 4.69) is 15.3 Å². The molecule has 2 heterocycles. The average Bonchev–Trinajstić information content (AvgIpc) is 2.82. The quantitative estimate of drug-likeness (QED) is 0.810. The standard InChI is InChI=1S/C13H16N4O/c18-13(17-7-5-14-6-8-17)9-12-15-10-3-1-2-4-11(10)16-12/h1-4,14H,5-9H2,(H,15,16). The van der Waals surface area contributed by atoms with Gasteiger partial charge in [-0.1, -0.05) is 12.1 Å². The Bertz CT molecular complexity index is 524. The Morgan fingerprint density at radius 1 is 1.28 bits per heavy atom. The van der Waals surface area contributed by atoms with Gasteiger partial charge in [0.1, 0.15) is 5.82 Å². The van der Waals surface area contributed by atoms with Gasteiger partial charge in [0.15, 0.2) is 0 Å². The predicted molar refractivity (Wildman–Crippen MR) is 69.2 cm³/mol. The second-order valence-electron chi connectivity index (χ2n) is 4.51. The average molecular weight is 244 g/mol. The molecule has 2 aromatic rings. The Morgan fingerprint density at radius 2 is 2.06 bits per heavy atom. The van der Waals surface area contributed by atoms with E-state index < -0.39 is 0 Å². The predicted octanol–water partition coefficient (Wildman–Crippen LogP) is 0.537. The Morgan fingerprint density at radius 3 is 2.83 bits per heavy atom. The summed E-state index contributed by atoms with van der Waals surface area (Å²) in [7, 11) is 0. The number of nitrogens with one attached hydrogen (secondary N) is 2. The third-order valence-electron chi connectivity index (χ3n) is 3.23. The van der Waals surface area contributed by atoms with Crippen LogP contribution in [0, 0.1) is 0 Å². The molecular weight excluding hydrogens is 228 g/mol. The molecule has 94 valence electrons. The smallest absolute Gasteiger partial charge is 0.230 e. The fourth-order valence-electron chi connectivity index (χ4n) is 2.26. The van der Waals surface area contributed by atoms with Crippen LogP contribution in [-0.4, -0.2) is 47.0 Å². The van der Waals surface area contributed by atoms with Gasteiger partial charge in [0.05, 0.1) is 17.5 Å². The van der Waals surface area contributed by atoms with Crippen molar-refractivity contribution in [3.63, 3.8) is 0 Å². The molecule has 1 aliphatic rings. The summed E-state index contributed by atoms with van der Waals surface area (Å²) in [5, 5.41) is 3.24. The molecule has 1 aliphatic heterocycles. The topological polar surface area (TPSA) is 61.0 Å². The first-order chi connectivity index (χ1) is 8.83. The second kappa shape index (κ2) is 4.78. The molecule has 0 bridgehead atoms. The van der Waals surface area contributed by atoms with Crippen molar-refractivity contribution < 1.29 is 4.79 Å². The molecule has 1 saturated heterocycles. The third-order valence-corrected chi connectivity index (χ3v) is 3.23. The SMILES string of the molecule is O=C(Cc1nc2ccccc2[nH]1)N1CCNCC1. The van der Waals surface area contributed by atoms with E-state index in [1.165, 1.54) is 0 Å². The molecule has 5 nitrogen and oxygen atoms in total. The van der Waals surface area contributed by atoms with E-state index in [0.717, 1.165) is 43.0 Å². The molecule has 0 radical (unpaired) electrons. The van der Waals surface area contributed by atoms with Crippen LogP contribution in [0.3, 0.4) is 0 Å². The summed E-state index contributed by atoms with van der Waals surface area (Å²) < 4.78 is 0. The maximum atomic E-state index is 12.1. The largest absolute Gasteiger partial charge is 0.342 e. The highest BCUT2D eigenvalue weighted by Crippen LogP contribution is 2.11. The van der Waals surface area contributed by atoms with Gasteiger partial charge < -0.3 is 15.2 Å². The summed E-state index contributed by atoms with van der Waals surface area (Å²) in [6.07, 6.45) is 0.356. The van der Waals surface area contributed by atoms with Gasteiger partial charge in [0.25, 0.3) is 0 Å². The van der Waals surface area contributed by atoms with Gasteiger partial charge in [-0.25, -0.2) is 4.98 Å². The molecule has 1 aromatic carbocycles. The lowest BCUT2D eigenvalue weighted by atomic mass is 10.3. The van der Waals surface area contributed by atoms with E-state index in [-0.39, 0.29) is 5.91 Å². The summed E-state index contributed by atoms with van der Waals surface area (Å²) in [5.74, 6) is 0.898. The molecular formula is C13H16N4O. The van der Waals surface area contributed by atoms with E-state index in [4.69, 9.17) is 0 Å². The maximum Gasteiger partial charge on any atom is 0.230 e. The zero-order chi connectivity index (χ0) is 12.4. The summed E-state index contributed by atoms with van der Waals surface area (Å²) >= 11 is 0. The molecule has 0 unspecified atom stereocenters. The number of aromatic amines is 1. The zero-order valence-electron chi connectivity index (χ0n) is 10.1. The summed E-state index contributed by atoms with van der Waals surface area (Å²) in [6, 6.07) is 7.83. The zero-order valence-corrected chi connectivity index (χ0v) is 10.1. The van der Waals surface area contributed by atoms with E-state index >= 15 is 0 Å². The monoisotopic (exact) mass is 244 g/mol. The number of aromatic nitrogens is 2. The highest BCUT2D eigenvalue weighted by molar-refractivity contribution is 5.80. The maximum absolute atomic E-state index is 12.1. The van der Waals surface area contributed by atoms with Gasteiger partial charge in [-0.05, 0) is 12.1 Å². The number of amides is 1. The van der Waals surface area contributed by atoms with Gasteiger partial charge in [-0.2, -0.15) is 0 Å². The van der Waals surface area contributed by atoms with Crippen molar-refractivity contribution in [2.24, 2.45) is 0 Å². The first-order valence-corrected chi connectivity index (χ1v) is 6.25. The van der Waals surface area contributed by atoms with E-state index in [1.54, 1.807) is 0 Å². The number of fused-ring (bicyclic) bond motifs is 1. The van der Waals surface area contributed by atoms with Crippen LogP contribution >= 0.6 is 0 Å². The highest BCUT2D eigenvalue weighted by Gasteiger charge is 2.17. The van der Waals surface area contributed by atoms with E-state index in [0.29, 0.717) is 6.42 Å². The van der Waals surface area contributed by atoms with Gasteiger partial charge >= 0.3 is 0 Å².